The molecule has 1 amide bonds. The second-order valence-corrected chi connectivity index (χ2v) is 7.47. The van der Waals surface area contributed by atoms with Crippen LogP contribution in [0.5, 0.6) is 5.75 Å². The lowest BCUT2D eigenvalue weighted by Gasteiger charge is -2.37. The normalized spacial score (nSPS) is 15.6. The van der Waals surface area contributed by atoms with Crippen molar-refractivity contribution in [2.75, 3.05) is 11.5 Å². The molecule has 0 saturated carbocycles. The first-order chi connectivity index (χ1) is 14.6. The van der Waals surface area contributed by atoms with Gasteiger partial charge < -0.3 is 9.15 Å². The summed E-state index contributed by atoms with van der Waals surface area (Å²) in [6.07, 6.45) is 0. The van der Waals surface area contributed by atoms with E-state index in [1.165, 1.54) is 4.57 Å². The van der Waals surface area contributed by atoms with Gasteiger partial charge in [0.2, 0.25) is 5.91 Å². The Balaban J connectivity index is 1.57. The van der Waals surface area contributed by atoms with E-state index in [0.717, 1.165) is 5.56 Å². The number of carbonyl (C=O) groups is 1. The number of hydrogen-bond acceptors (Lipinski definition) is 4. The number of rotatable bonds is 3. The van der Waals surface area contributed by atoms with Gasteiger partial charge in [0.25, 0.3) is 0 Å². The smallest absolute Gasteiger partial charge is 0.420 e. The SMILES string of the molecule is O=C(Cn1c(=O)oc2cc(Cl)ccc21)N1c2ccccc2OCC1c1ccccc1. The average Bonchev–Trinajstić information content (AvgIpc) is 3.07. The molecular formula is C23H17ClN2O4. The molecule has 0 spiro atoms. The van der Waals surface area contributed by atoms with Gasteiger partial charge in [-0.05, 0) is 29.8 Å². The van der Waals surface area contributed by atoms with Crippen molar-refractivity contribution in [3.63, 3.8) is 0 Å². The third-order valence-electron chi connectivity index (χ3n) is 5.21. The highest BCUT2D eigenvalue weighted by Gasteiger charge is 2.33. The fraction of sp³-hybridized carbons (Fsp3) is 0.130. The lowest BCUT2D eigenvalue weighted by atomic mass is 10.0. The van der Waals surface area contributed by atoms with Crippen LogP contribution in [-0.4, -0.2) is 17.1 Å². The Kier molecular flexibility index (Phi) is 4.56. The summed E-state index contributed by atoms with van der Waals surface area (Å²) < 4.78 is 12.5. The molecular weight excluding hydrogens is 404 g/mol. The van der Waals surface area contributed by atoms with Crippen molar-refractivity contribution in [1.29, 1.82) is 0 Å². The maximum atomic E-state index is 13.5. The molecule has 2 heterocycles. The number of fused-ring (bicyclic) bond motifs is 2. The van der Waals surface area contributed by atoms with Crippen molar-refractivity contribution >= 4 is 34.3 Å². The van der Waals surface area contributed by atoms with Crippen LogP contribution >= 0.6 is 11.6 Å². The second-order valence-electron chi connectivity index (χ2n) is 7.04. The molecule has 0 aliphatic carbocycles. The molecule has 4 aromatic rings. The number of aromatic nitrogens is 1. The van der Waals surface area contributed by atoms with Crippen molar-refractivity contribution in [1.82, 2.24) is 4.57 Å². The van der Waals surface area contributed by atoms with Crippen LogP contribution < -0.4 is 15.4 Å². The third-order valence-corrected chi connectivity index (χ3v) is 5.44. The molecule has 5 rings (SSSR count). The van der Waals surface area contributed by atoms with Gasteiger partial charge in [0, 0.05) is 11.1 Å². The topological polar surface area (TPSA) is 64.7 Å². The van der Waals surface area contributed by atoms with Gasteiger partial charge in [-0.1, -0.05) is 54.1 Å². The number of ether oxygens (including phenoxy) is 1. The van der Waals surface area contributed by atoms with E-state index in [2.05, 4.69) is 0 Å². The predicted octanol–water partition coefficient (Wildman–Crippen LogP) is 4.41. The standard InChI is InChI=1S/C23H17ClN2O4/c24-16-10-11-17-21(12-16)30-23(28)25(17)13-22(27)26-18-8-4-5-9-20(18)29-14-19(26)15-6-2-1-3-7-15/h1-12,19H,13-14H2. The van der Waals surface area contributed by atoms with Crippen LogP contribution in [0.2, 0.25) is 5.02 Å². The van der Waals surface area contributed by atoms with E-state index in [9.17, 15) is 9.59 Å². The molecule has 0 radical (unpaired) electrons. The van der Waals surface area contributed by atoms with E-state index in [1.807, 2.05) is 54.6 Å². The average molecular weight is 421 g/mol. The number of amides is 1. The predicted molar refractivity (Wildman–Crippen MR) is 114 cm³/mol. The number of anilines is 1. The van der Waals surface area contributed by atoms with Crippen LogP contribution in [0.4, 0.5) is 5.69 Å². The van der Waals surface area contributed by atoms with Crippen LogP contribution in [0, 0.1) is 0 Å². The van der Waals surface area contributed by atoms with Crippen molar-refractivity contribution in [3.8, 4) is 5.75 Å². The van der Waals surface area contributed by atoms with Gasteiger partial charge in [0.15, 0.2) is 5.58 Å². The van der Waals surface area contributed by atoms with E-state index >= 15 is 0 Å². The van der Waals surface area contributed by atoms with Crippen molar-refractivity contribution in [2.45, 2.75) is 12.6 Å². The minimum absolute atomic E-state index is 0.162. The van der Waals surface area contributed by atoms with E-state index < -0.39 is 5.76 Å². The summed E-state index contributed by atoms with van der Waals surface area (Å²) in [6, 6.07) is 21.7. The van der Waals surface area contributed by atoms with Crippen LogP contribution in [-0.2, 0) is 11.3 Å². The quantitative estimate of drug-likeness (QED) is 0.492. The Hall–Kier alpha value is -3.51. The first kappa shape index (κ1) is 18.5. The molecule has 0 bridgehead atoms. The third kappa shape index (κ3) is 3.15. The fourth-order valence-corrected chi connectivity index (χ4v) is 3.98. The van der Waals surface area contributed by atoms with E-state index in [0.29, 0.717) is 34.2 Å². The Bertz CT molecular complexity index is 1300. The van der Waals surface area contributed by atoms with Gasteiger partial charge in [-0.3, -0.25) is 14.3 Å². The van der Waals surface area contributed by atoms with Crippen molar-refractivity contribution in [3.05, 3.63) is 93.9 Å². The van der Waals surface area contributed by atoms with E-state index in [-0.39, 0.29) is 18.5 Å². The summed E-state index contributed by atoms with van der Waals surface area (Å²) in [5.74, 6) is -0.202. The lowest BCUT2D eigenvalue weighted by molar-refractivity contribution is -0.120. The molecule has 1 aliphatic heterocycles. The lowest BCUT2D eigenvalue weighted by Crippen LogP contribution is -2.43. The van der Waals surface area contributed by atoms with Crippen molar-refractivity contribution in [2.24, 2.45) is 0 Å². The summed E-state index contributed by atoms with van der Waals surface area (Å²) in [6.45, 7) is 0.161. The van der Waals surface area contributed by atoms with Crippen LogP contribution in [0.1, 0.15) is 11.6 Å². The highest BCUT2D eigenvalue weighted by Crippen LogP contribution is 2.39. The number of carbonyl (C=O) groups excluding carboxylic acids is 1. The number of nitrogens with zero attached hydrogens (tertiary/aromatic N) is 2. The van der Waals surface area contributed by atoms with Gasteiger partial charge in [-0.15, -0.1) is 0 Å². The molecule has 0 saturated heterocycles. The molecule has 30 heavy (non-hydrogen) atoms. The summed E-state index contributed by atoms with van der Waals surface area (Å²) in [4.78, 5) is 27.6. The van der Waals surface area contributed by atoms with Crippen LogP contribution in [0.3, 0.4) is 0 Å². The maximum absolute atomic E-state index is 13.5. The number of oxazole rings is 1. The Morgan fingerprint density at radius 1 is 1.03 bits per heavy atom. The van der Waals surface area contributed by atoms with E-state index in [4.69, 9.17) is 20.8 Å². The number of hydrogen-bond donors (Lipinski definition) is 0. The van der Waals surface area contributed by atoms with Gasteiger partial charge >= 0.3 is 5.76 Å². The molecule has 6 nitrogen and oxygen atoms in total. The molecule has 0 N–H and O–H groups in total. The molecule has 1 aliphatic rings. The molecule has 1 aromatic heterocycles. The second kappa shape index (κ2) is 7.39. The largest absolute Gasteiger partial charge is 0.489 e. The zero-order valence-corrected chi connectivity index (χ0v) is 16.6. The zero-order valence-electron chi connectivity index (χ0n) is 15.8. The Morgan fingerprint density at radius 3 is 2.63 bits per heavy atom. The van der Waals surface area contributed by atoms with Gasteiger partial charge in [-0.25, -0.2) is 4.79 Å². The minimum Gasteiger partial charge on any atom is -0.489 e. The van der Waals surface area contributed by atoms with E-state index in [1.54, 1.807) is 23.1 Å². The summed E-state index contributed by atoms with van der Waals surface area (Å²) in [5.41, 5.74) is 2.50. The molecule has 1 unspecified atom stereocenters. The minimum atomic E-state index is -0.599. The Labute approximate surface area is 176 Å². The summed E-state index contributed by atoms with van der Waals surface area (Å²) in [5, 5.41) is 0.459. The number of para-hydroxylation sites is 2. The summed E-state index contributed by atoms with van der Waals surface area (Å²) in [7, 11) is 0. The Morgan fingerprint density at radius 2 is 1.80 bits per heavy atom. The molecule has 1 atom stereocenters. The van der Waals surface area contributed by atoms with Gasteiger partial charge in [-0.2, -0.15) is 0 Å². The highest BCUT2D eigenvalue weighted by atomic mass is 35.5. The first-order valence-corrected chi connectivity index (χ1v) is 9.87. The van der Waals surface area contributed by atoms with Crippen molar-refractivity contribution < 1.29 is 13.9 Å². The first-order valence-electron chi connectivity index (χ1n) is 9.49. The fourth-order valence-electron chi connectivity index (χ4n) is 3.82. The maximum Gasteiger partial charge on any atom is 0.420 e. The molecule has 150 valence electrons. The van der Waals surface area contributed by atoms with Crippen LogP contribution in [0.15, 0.2) is 82.0 Å². The highest BCUT2D eigenvalue weighted by molar-refractivity contribution is 6.31. The van der Waals surface area contributed by atoms with Gasteiger partial charge in [0.1, 0.15) is 18.9 Å². The van der Waals surface area contributed by atoms with Crippen LogP contribution in [0.25, 0.3) is 11.1 Å². The number of halogens is 1. The van der Waals surface area contributed by atoms with Gasteiger partial charge in [0.05, 0.1) is 17.2 Å². The number of benzene rings is 3. The molecule has 3 aromatic carbocycles. The summed E-state index contributed by atoms with van der Waals surface area (Å²) >= 11 is 5.99. The molecule has 7 heteroatoms. The molecule has 0 fully saturated rings. The zero-order chi connectivity index (χ0) is 20.7. The monoisotopic (exact) mass is 420 g/mol.